The van der Waals surface area contributed by atoms with Gasteiger partial charge in [0.05, 0.1) is 5.60 Å². The molecule has 0 radical (unpaired) electrons. The highest BCUT2D eigenvalue weighted by molar-refractivity contribution is 5.89. The second-order valence-corrected chi connectivity index (χ2v) is 8.73. The molecule has 0 fully saturated rings. The van der Waals surface area contributed by atoms with Crippen LogP contribution in [0.5, 0.6) is 0 Å². The van der Waals surface area contributed by atoms with Gasteiger partial charge in [0.1, 0.15) is 6.10 Å². The Hall–Kier alpha value is -2.78. The van der Waals surface area contributed by atoms with Gasteiger partial charge in [-0.25, -0.2) is 0 Å². The molecule has 0 saturated heterocycles. The zero-order chi connectivity index (χ0) is 19.0. The number of rotatable bonds is 1. The molecule has 3 nitrogen and oxygen atoms in total. The van der Waals surface area contributed by atoms with Gasteiger partial charge in [-0.3, -0.25) is 0 Å². The summed E-state index contributed by atoms with van der Waals surface area (Å²) in [6.07, 6.45) is 4.57. The summed E-state index contributed by atoms with van der Waals surface area (Å²) in [5.41, 5.74) is 6.40. The first-order valence-electron chi connectivity index (χ1n) is 10.0. The molecular formula is C25H24N2O. The highest BCUT2D eigenvalue weighted by Crippen LogP contribution is 2.50. The molecule has 4 aromatic rings. The van der Waals surface area contributed by atoms with Gasteiger partial charge in [-0.1, -0.05) is 36.4 Å². The third kappa shape index (κ3) is 2.08. The molecule has 140 valence electrons. The molecule has 0 N–H and O–H groups in total. The molecule has 2 aliphatic heterocycles. The van der Waals surface area contributed by atoms with E-state index in [1.54, 1.807) is 0 Å². The molecule has 2 atom stereocenters. The van der Waals surface area contributed by atoms with Crippen LogP contribution < -0.4 is 0 Å². The molecule has 6 rings (SSSR count). The van der Waals surface area contributed by atoms with Crippen LogP contribution in [0.3, 0.4) is 0 Å². The highest BCUT2D eigenvalue weighted by Gasteiger charge is 2.45. The Labute approximate surface area is 164 Å². The Balaban J connectivity index is 1.55. The minimum Gasteiger partial charge on any atom is -0.363 e. The molecule has 28 heavy (non-hydrogen) atoms. The second-order valence-electron chi connectivity index (χ2n) is 8.73. The predicted molar refractivity (Wildman–Crippen MR) is 114 cm³/mol. The van der Waals surface area contributed by atoms with Crippen LogP contribution in [-0.2, 0) is 18.3 Å². The second kappa shape index (κ2) is 5.39. The Bertz CT molecular complexity index is 1270. The molecule has 0 spiro atoms. The van der Waals surface area contributed by atoms with Crippen LogP contribution in [0.4, 0.5) is 0 Å². The topological polar surface area (TPSA) is 19.1 Å². The van der Waals surface area contributed by atoms with Gasteiger partial charge < -0.3 is 13.9 Å². The average Bonchev–Trinajstić information content (AvgIpc) is 3.33. The van der Waals surface area contributed by atoms with E-state index in [4.69, 9.17) is 4.74 Å². The lowest BCUT2D eigenvalue weighted by Crippen LogP contribution is -2.39. The zero-order valence-electron chi connectivity index (χ0n) is 16.5. The summed E-state index contributed by atoms with van der Waals surface area (Å²) < 4.78 is 11.4. The molecule has 3 heteroatoms. The smallest absolute Gasteiger partial charge is 0.104 e. The summed E-state index contributed by atoms with van der Waals surface area (Å²) in [5, 5.41) is 2.60. The van der Waals surface area contributed by atoms with Crippen molar-refractivity contribution in [2.24, 2.45) is 13.0 Å². The van der Waals surface area contributed by atoms with Gasteiger partial charge in [-0.05, 0) is 43.7 Å². The van der Waals surface area contributed by atoms with Gasteiger partial charge in [-0.2, -0.15) is 0 Å². The summed E-state index contributed by atoms with van der Waals surface area (Å²) in [4.78, 5) is 0. The summed E-state index contributed by atoms with van der Waals surface area (Å²) >= 11 is 0. The normalized spacial score (nSPS) is 23.0. The number of aromatic nitrogens is 2. The summed E-state index contributed by atoms with van der Waals surface area (Å²) in [6.45, 7) is 5.48. The Morgan fingerprint density at radius 2 is 1.75 bits per heavy atom. The van der Waals surface area contributed by atoms with Crippen LogP contribution >= 0.6 is 0 Å². The van der Waals surface area contributed by atoms with Crippen molar-refractivity contribution < 1.29 is 4.74 Å². The number of nitrogens with zero attached hydrogens (tertiary/aromatic N) is 2. The first-order valence-corrected chi connectivity index (χ1v) is 10.0. The van der Waals surface area contributed by atoms with E-state index in [9.17, 15) is 0 Å². The van der Waals surface area contributed by atoms with Crippen molar-refractivity contribution in [1.29, 1.82) is 0 Å². The molecule has 4 heterocycles. The fraction of sp³-hybridized carbons (Fsp3) is 0.280. The predicted octanol–water partition coefficient (Wildman–Crippen LogP) is 5.70. The Morgan fingerprint density at radius 3 is 2.61 bits per heavy atom. The third-order valence-electron chi connectivity index (χ3n) is 6.68. The largest absolute Gasteiger partial charge is 0.363 e. The van der Waals surface area contributed by atoms with Gasteiger partial charge in [0.25, 0.3) is 0 Å². The van der Waals surface area contributed by atoms with Crippen molar-refractivity contribution >= 4 is 27.4 Å². The van der Waals surface area contributed by atoms with E-state index in [0.717, 1.165) is 6.54 Å². The van der Waals surface area contributed by atoms with Crippen molar-refractivity contribution in [2.75, 3.05) is 0 Å². The van der Waals surface area contributed by atoms with Gasteiger partial charge in [0.15, 0.2) is 0 Å². The third-order valence-corrected chi connectivity index (χ3v) is 6.68. The van der Waals surface area contributed by atoms with E-state index in [1.165, 1.54) is 38.6 Å². The molecule has 2 aromatic heterocycles. The summed E-state index contributed by atoms with van der Waals surface area (Å²) in [5.74, 6) is 0.387. The molecular weight excluding hydrogens is 344 g/mol. The lowest BCUT2D eigenvalue weighted by molar-refractivity contribution is -0.0848. The fourth-order valence-corrected chi connectivity index (χ4v) is 5.26. The van der Waals surface area contributed by atoms with Crippen molar-refractivity contribution in [3.8, 4) is 0 Å². The SMILES string of the molecule is Cn1cc([C@@H]2C=C3c4cc5ccccc5n4C[C@H]3C(C)(C)O2)c2ccccc21. The number of hydrogen-bond acceptors (Lipinski definition) is 1. The van der Waals surface area contributed by atoms with Crippen molar-refractivity contribution in [3.63, 3.8) is 0 Å². The van der Waals surface area contributed by atoms with Crippen LogP contribution in [0, 0.1) is 5.92 Å². The quantitative estimate of drug-likeness (QED) is 0.422. The monoisotopic (exact) mass is 368 g/mol. The minimum atomic E-state index is -0.216. The zero-order valence-corrected chi connectivity index (χ0v) is 16.5. The molecule has 0 amide bonds. The van der Waals surface area contributed by atoms with E-state index in [0.29, 0.717) is 5.92 Å². The number of aryl methyl sites for hydroxylation is 1. The fourth-order valence-electron chi connectivity index (χ4n) is 5.26. The number of ether oxygens (including phenoxy) is 1. The van der Waals surface area contributed by atoms with E-state index >= 15 is 0 Å². The standard InChI is InChI=1S/C25H24N2O/c1-25(2)20-15-27-21-10-6-4-8-16(21)12-23(27)18(20)13-24(28-25)19-14-26(3)22-11-7-5-9-17(19)22/h4-14,20,24H,15H2,1-3H3/t20-,24+/m1/s1. The lowest BCUT2D eigenvalue weighted by atomic mass is 9.81. The maximum Gasteiger partial charge on any atom is 0.104 e. The average molecular weight is 368 g/mol. The van der Waals surface area contributed by atoms with Crippen LogP contribution in [0.15, 0.2) is 66.9 Å². The number of benzene rings is 2. The van der Waals surface area contributed by atoms with E-state index < -0.39 is 0 Å². The molecule has 0 saturated carbocycles. The molecule has 0 aliphatic carbocycles. The van der Waals surface area contributed by atoms with Crippen molar-refractivity contribution in [2.45, 2.75) is 32.1 Å². The minimum absolute atomic E-state index is 0.0306. The van der Waals surface area contributed by atoms with Gasteiger partial charge in [0.2, 0.25) is 0 Å². The summed E-state index contributed by atoms with van der Waals surface area (Å²) in [7, 11) is 2.11. The molecule has 2 aromatic carbocycles. The first-order chi connectivity index (χ1) is 13.5. The number of hydrogen-bond donors (Lipinski definition) is 0. The van der Waals surface area contributed by atoms with E-state index in [2.05, 4.69) is 96.9 Å². The van der Waals surface area contributed by atoms with E-state index in [-0.39, 0.29) is 11.7 Å². The first kappa shape index (κ1) is 16.2. The number of para-hydroxylation sites is 2. The Morgan fingerprint density at radius 1 is 1.00 bits per heavy atom. The van der Waals surface area contributed by atoms with Gasteiger partial charge in [-0.15, -0.1) is 0 Å². The van der Waals surface area contributed by atoms with Crippen LogP contribution in [-0.4, -0.2) is 14.7 Å². The maximum atomic E-state index is 6.70. The molecule has 2 aliphatic rings. The van der Waals surface area contributed by atoms with E-state index in [1.807, 2.05) is 0 Å². The van der Waals surface area contributed by atoms with Crippen LogP contribution in [0.1, 0.15) is 31.2 Å². The van der Waals surface area contributed by atoms with Crippen LogP contribution in [0.2, 0.25) is 0 Å². The van der Waals surface area contributed by atoms with Crippen LogP contribution in [0.25, 0.3) is 27.4 Å². The lowest BCUT2D eigenvalue weighted by Gasteiger charge is -2.39. The maximum absolute atomic E-state index is 6.70. The van der Waals surface area contributed by atoms with Gasteiger partial charge >= 0.3 is 0 Å². The summed E-state index contributed by atoms with van der Waals surface area (Å²) in [6, 6.07) is 19.6. The molecule has 0 bridgehead atoms. The Kier molecular flexibility index (Phi) is 3.12. The van der Waals surface area contributed by atoms with Gasteiger partial charge in [0, 0.05) is 58.8 Å². The van der Waals surface area contributed by atoms with Crippen molar-refractivity contribution in [1.82, 2.24) is 9.13 Å². The molecule has 0 unspecified atom stereocenters. The highest BCUT2D eigenvalue weighted by atomic mass is 16.5. The number of fused-ring (bicyclic) bond motifs is 6. The van der Waals surface area contributed by atoms with Crippen molar-refractivity contribution in [3.05, 3.63) is 78.1 Å².